The molecule has 0 amide bonds. The zero-order chi connectivity index (χ0) is 12.4. The van der Waals surface area contributed by atoms with Crippen molar-refractivity contribution in [1.29, 1.82) is 0 Å². The summed E-state index contributed by atoms with van der Waals surface area (Å²) in [6.07, 6.45) is 0.827. The van der Waals surface area contributed by atoms with Gasteiger partial charge in [-0.3, -0.25) is 0 Å². The molecule has 2 nitrogen and oxygen atoms in total. The molecule has 0 saturated heterocycles. The van der Waals surface area contributed by atoms with E-state index >= 15 is 0 Å². The molecule has 2 aromatic rings. The number of nitrogens with one attached hydrogen (secondary N) is 1. The van der Waals surface area contributed by atoms with E-state index in [1.807, 2.05) is 20.0 Å². The molecule has 0 saturated carbocycles. The summed E-state index contributed by atoms with van der Waals surface area (Å²) in [5, 5.41) is 6.43. The lowest BCUT2D eigenvalue weighted by atomic mass is 10.1. The van der Waals surface area contributed by atoms with Crippen LogP contribution in [0, 0.1) is 6.92 Å². The summed E-state index contributed by atoms with van der Waals surface area (Å²) < 4.78 is 1.47. The summed E-state index contributed by atoms with van der Waals surface area (Å²) in [4.78, 5) is 4.47. The molecule has 1 unspecified atom stereocenters. The summed E-state index contributed by atoms with van der Waals surface area (Å²) in [6.45, 7) is 2.01. The van der Waals surface area contributed by atoms with Gasteiger partial charge in [-0.15, -0.1) is 22.7 Å². The van der Waals surface area contributed by atoms with Crippen LogP contribution in [0.15, 0.2) is 11.4 Å². The summed E-state index contributed by atoms with van der Waals surface area (Å²) in [5.41, 5.74) is 2.14. The van der Waals surface area contributed by atoms with Crippen molar-refractivity contribution in [3.05, 3.63) is 36.4 Å². The predicted octanol–water partition coefficient (Wildman–Crippen LogP) is 4.32. The Morgan fingerprint density at radius 1 is 1.47 bits per heavy atom. The lowest BCUT2D eigenvalue weighted by Gasteiger charge is -2.14. The third kappa shape index (κ3) is 3.20. The van der Waals surface area contributed by atoms with Gasteiger partial charge in [0.15, 0.2) is 0 Å². The van der Waals surface area contributed by atoms with E-state index < -0.39 is 0 Å². The van der Waals surface area contributed by atoms with Crippen LogP contribution in [0.3, 0.4) is 0 Å². The van der Waals surface area contributed by atoms with Crippen LogP contribution < -0.4 is 5.32 Å². The van der Waals surface area contributed by atoms with Crippen molar-refractivity contribution < 1.29 is 0 Å². The molecule has 2 rings (SSSR count). The molecule has 17 heavy (non-hydrogen) atoms. The lowest BCUT2D eigenvalue weighted by molar-refractivity contribution is 0.587. The number of thiophene rings is 1. The maximum Gasteiger partial charge on any atom is 0.0992 e. The van der Waals surface area contributed by atoms with Crippen molar-refractivity contribution >= 4 is 45.9 Å². The molecular formula is C11H12Cl2N2S2. The summed E-state index contributed by atoms with van der Waals surface area (Å²) in [6, 6.07) is 2.09. The zero-order valence-corrected chi connectivity index (χ0v) is 12.6. The van der Waals surface area contributed by atoms with Crippen molar-refractivity contribution in [3.63, 3.8) is 0 Å². The monoisotopic (exact) mass is 306 g/mol. The van der Waals surface area contributed by atoms with Crippen molar-refractivity contribution in [2.24, 2.45) is 0 Å². The van der Waals surface area contributed by atoms with Gasteiger partial charge in [-0.05, 0) is 20.0 Å². The molecule has 0 spiro atoms. The Bertz CT molecular complexity index is 507. The fourth-order valence-electron chi connectivity index (χ4n) is 1.67. The average Bonchev–Trinajstić information content (AvgIpc) is 2.82. The largest absolute Gasteiger partial charge is 0.313 e. The Morgan fingerprint density at radius 2 is 2.24 bits per heavy atom. The normalized spacial score (nSPS) is 12.9. The molecule has 0 aliphatic heterocycles. The van der Waals surface area contributed by atoms with Gasteiger partial charge in [0.05, 0.1) is 19.4 Å². The fraction of sp³-hybridized carbons (Fsp3) is 0.364. The third-order valence-electron chi connectivity index (χ3n) is 2.49. The maximum absolute atomic E-state index is 6.17. The second-order valence-electron chi connectivity index (χ2n) is 3.68. The number of rotatable bonds is 4. The average molecular weight is 307 g/mol. The molecule has 0 bridgehead atoms. The van der Waals surface area contributed by atoms with E-state index in [1.165, 1.54) is 11.3 Å². The number of thiazole rings is 1. The van der Waals surface area contributed by atoms with Gasteiger partial charge in [0.2, 0.25) is 0 Å². The first-order chi connectivity index (χ1) is 8.10. The van der Waals surface area contributed by atoms with Gasteiger partial charge in [-0.2, -0.15) is 0 Å². The van der Waals surface area contributed by atoms with Gasteiger partial charge >= 0.3 is 0 Å². The predicted molar refractivity (Wildman–Crippen MR) is 76.7 cm³/mol. The van der Waals surface area contributed by atoms with Crippen LogP contribution in [0.2, 0.25) is 8.67 Å². The van der Waals surface area contributed by atoms with Crippen molar-refractivity contribution in [2.75, 3.05) is 7.05 Å². The topological polar surface area (TPSA) is 24.9 Å². The van der Waals surface area contributed by atoms with Gasteiger partial charge in [-0.1, -0.05) is 23.2 Å². The highest BCUT2D eigenvalue weighted by molar-refractivity contribution is 7.20. The van der Waals surface area contributed by atoms with Crippen molar-refractivity contribution in [2.45, 2.75) is 19.4 Å². The van der Waals surface area contributed by atoms with Crippen LogP contribution in [-0.2, 0) is 6.42 Å². The lowest BCUT2D eigenvalue weighted by Crippen LogP contribution is -2.18. The summed E-state index contributed by atoms with van der Waals surface area (Å²) >= 11 is 15.2. The summed E-state index contributed by atoms with van der Waals surface area (Å²) in [5.74, 6) is 0. The number of hydrogen-bond acceptors (Lipinski definition) is 4. The van der Waals surface area contributed by atoms with Gasteiger partial charge < -0.3 is 5.32 Å². The number of likely N-dealkylation sites (N-methyl/N-ethyl adjacent to an activating group) is 1. The van der Waals surface area contributed by atoms with Gasteiger partial charge in [-0.25, -0.2) is 4.98 Å². The van der Waals surface area contributed by atoms with E-state index in [0.29, 0.717) is 0 Å². The van der Waals surface area contributed by atoms with Crippen LogP contribution in [0.1, 0.15) is 22.3 Å². The second-order valence-corrected chi connectivity index (χ2v) is 7.03. The molecule has 2 heterocycles. The highest BCUT2D eigenvalue weighted by Gasteiger charge is 2.17. The van der Waals surface area contributed by atoms with E-state index in [4.69, 9.17) is 23.2 Å². The van der Waals surface area contributed by atoms with Crippen LogP contribution in [0.5, 0.6) is 0 Å². The molecule has 0 radical (unpaired) electrons. The van der Waals surface area contributed by atoms with Crippen molar-refractivity contribution in [3.8, 4) is 0 Å². The maximum atomic E-state index is 6.17. The molecule has 1 atom stereocenters. The zero-order valence-electron chi connectivity index (χ0n) is 9.46. The first-order valence-electron chi connectivity index (χ1n) is 5.13. The number of nitrogens with zero attached hydrogens (tertiary/aromatic N) is 1. The molecule has 0 aromatic carbocycles. The quantitative estimate of drug-likeness (QED) is 0.910. The number of hydrogen-bond donors (Lipinski definition) is 1. The van der Waals surface area contributed by atoms with E-state index in [2.05, 4.69) is 15.7 Å². The molecule has 1 N–H and O–H groups in total. The third-order valence-corrected chi connectivity index (χ3v) is 4.83. The van der Waals surface area contributed by atoms with E-state index in [9.17, 15) is 0 Å². The van der Waals surface area contributed by atoms with Crippen molar-refractivity contribution in [1.82, 2.24) is 10.3 Å². The molecule has 2 aromatic heterocycles. The number of aryl methyl sites for hydroxylation is 1. The van der Waals surface area contributed by atoms with Crippen LogP contribution >= 0.6 is 45.9 Å². The second kappa shape index (κ2) is 5.67. The van der Waals surface area contributed by atoms with Crippen LogP contribution in [-0.4, -0.2) is 12.0 Å². The Balaban J connectivity index is 2.19. The smallest absolute Gasteiger partial charge is 0.0992 e. The number of halogens is 2. The minimum atomic E-state index is 0.160. The Labute approximate surface area is 119 Å². The minimum absolute atomic E-state index is 0.160. The Hall–Kier alpha value is -0.130. The highest BCUT2D eigenvalue weighted by atomic mass is 35.5. The van der Waals surface area contributed by atoms with Crippen LogP contribution in [0.4, 0.5) is 0 Å². The van der Waals surface area contributed by atoms with Crippen LogP contribution in [0.25, 0.3) is 0 Å². The molecule has 0 aliphatic carbocycles. The molecule has 6 heteroatoms. The molecule has 0 aliphatic rings. The van der Waals surface area contributed by atoms with Gasteiger partial charge in [0, 0.05) is 23.4 Å². The first kappa shape index (κ1) is 13.3. The Morgan fingerprint density at radius 3 is 2.71 bits per heavy atom. The van der Waals surface area contributed by atoms with E-state index in [1.54, 1.807) is 11.3 Å². The summed E-state index contributed by atoms with van der Waals surface area (Å²) in [7, 11) is 1.92. The molecular weight excluding hydrogens is 295 g/mol. The highest BCUT2D eigenvalue weighted by Crippen LogP contribution is 2.36. The van der Waals surface area contributed by atoms with E-state index in [-0.39, 0.29) is 6.04 Å². The van der Waals surface area contributed by atoms with E-state index in [0.717, 1.165) is 31.4 Å². The SMILES string of the molecule is CNC(Cc1csc(C)n1)c1cc(Cl)sc1Cl. The molecule has 0 fully saturated rings. The Kier molecular flexibility index (Phi) is 4.44. The van der Waals surface area contributed by atoms with Gasteiger partial charge in [0.25, 0.3) is 0 Å². The molecule has 92 valence electrons. The van der Waals surface area contributed by atoms with Gasteiger partial charge in [0.1, 0.15) is 0 Å². The fourth-order valence-corrected chi connectivity index (χ4v) is 3.87. The standard InChI is InChI=1S/C11H12Cl2N2S2/c1-6-15-7(5-16-6)3-9(14-2)8-4-10(12)17-11(8)13/h4-5,9,14H,3H2,1-2H3. The first-order valence-corrected chi connectivity index (χ1v) is 7.58. The number of aromatic nitrogens is 1. The minimum Gasteiger partial charge on any atom is -0.313 e.